The minimum atomic E-state index is -2.17. The summed E-state index contributed by atoms with van der Waals surface area (Å²) >= 11 is 5.29. The van der Waals surface area contributed by atoms with Crippen molar-refractivity contribution in [1.82, 2.24) is 0 Å². The van der Waals surface area contributed by atoms with E-state index in [0.717, 1.165) is 6.42 Å². The molecule has 8 heavy (non-hydrogen) atoms. The molecular formula is C4H9ClO2S. The second-order valence-corrected chi connectivity index (χ2v) is 2.94. The molecule has 0 aromatic carbocycles. The Hall–Kier alpha value is 0.240. The second kappa shape index (κ2) is 5.38. The van der Waals surface area contributed by atoms with Gasteiger partial charge in [-0.1, -0.05) is 0 Å². The summed E-state index contributed by atoms with van der Waals surface area (Å²) in [6.07, 6.45) is 1.49. The van der Waals surface area contributed by atoms with Crippen LogP contribution in [-0.4, -0.2) is 20.1 Å². The highest BCUT2D eigenvalue weighted by atomic mass is 35.5. The van der Waals surface area contributed by atoms with Gasteiger partial charge in [0, 0.05) is 11.6 Å². The molecule has 0 saturated heterocycles. The van der Waals surface area contributed by atoms with Gasteiger partial charge in [-0.05, 0) is 12.8 Å². The fourth-order valence-corrected chi connectivity index (χ4v) is 1.01. The van der Waals surface area contributed by atoms with Gasteiger partial charge in [-0.25, -0.2) is 8.42 Å². The van der Waals surface area contributed by atoms with E-state index < -0.39 is 10.7 Å². The molecule has 4 heteroatoms. The van der Waals surface area contributed by atoms with Crippen molar-refractivity contribution >= 4 is 22.3 Å². The minimum absolute atomic E-state index is 0.280. The lowest BCUT2D eigenvalue weighted by Crippen LogP contribution is -1.87. The van der Waals surface area contributed by atoms with Crippen molar-refractivity contribution in [3.63, 3.8) is 0 Å². The maximum atomic E-state index is 9.87. The summed E-state index contributed by atoms with van der Waals surface area (Å²) in [5.74, 6) is 0.839. The zero-order chi connectivity index (χ0) is 6.41. The normalized spacial score (nSPS) is 10.2. The number of halogens is 1. The molecular weight excluding hydrogens is 148 g/mol. The first-order valence-corrected chi connectivity index (χ1v) is 4.35. The van der Waals surface area contributed by atoms with Crippen LogP contribution in [0, 0.1) is 0 Å². The molecule has 0 aromatic rings. The topological polar surface area (TPSA) is 34.1 Å². The molecule has 0 fully saturated rings. The molecule has 0 unspecified atom stereocenters. The van der Waals surface area contributed by atoms with E-state index in [1.807, 2.05) is 0 Å². The van der Waals surface area contributed by atoms with Crippen molar-refractivity contribution in [1.29, 1.82) is 0 Å². The van der Waals surface area contributed by atoms with E-state index in [0.29, 0.717) is 12.3 Å². The lowest BCUT2D eigenvalue weighted by atomic mass is 10.4. The summed E-state index contributed by atoms with van der Waals surface area (Å²) in [7, 11) is -2.17. The van der Waals surface area contributed by atoms with Crippen LogP contribution in [-0.2, 0) is 10.7 Å². The predicted molar refractivity (Wildman–Crippen MR) is 35.1 cm³/mol. The smallest absolute Gasteiger partial charge is 0.140 e. The third-order valence-corrected chi connectivity index (χ3v) is 1.67. The van der Waals surface area contributed by atoms with Gasteiger partial charge in [0.15, 0.2) is 0 Å². The maximum Gasteiger partial charge on any atom is 0.140 e. The lowest BCUT2D eigenvalue weighted by Gasteiger charge is -1.85. The number of hydrogen-bond donors (Lipinski definition) is 1. The van der Waals surface area contributed by atoms with Gasteiger partial charge in [0.1, 0.15) is 10.7 Å². The average Bonchev–Trinajstić information content (AvgIpc) is 1.66. The van der Waals surface area contributed by atoms with Crippen molar-refractivity contribution < 1.29 is 8.42 Å². The molecule has 0 heterocycles. The Labute approximate surface area is 55.8 Å². The first-order chi connectivity index (χ1) is 3.77. The Morgan fingerprint density at radius 1 is 1.25 bits per heavy atom. The van der Waals surface area contributed by atoms with Crippen molar-refractivity contribution in [2.75, 3.05) is 11.6 Å². The fourth-order valence-electron chi connectivity index (χ4n) is 0.335. The highest BCUT2D eigenvalue weighted by molar-refractivity contribution is 7.72. The average molecular weight is 157 g/mol. The molecule has 0 aliphatic rings. The maximum absolute atomic E-state index is 9.87. The predicted octanol–water partition coefficient (Wildman–Crippen LogP) is 0.617. The molecule has 0 atom stereocenters. The Morgan fingerprint density at radius 2 is 1.88 bits per heavy atom. The van der Waals surface area contributed by atoms with Crippen LogP contribution in [0.1, 0.15) is 12.8 Å². The van der Waals surface area contributed by atoms with Crippen LogP contribution in [0.4, 0.5) is 0 Å². The third kappa shape index (κ3) is 6.24. The number of alkyl halides is 1. The van der Waals surface area contributed by atoms with Gasteiger partial charge in [0.25, 0.3) is 0 Å². The van der Waals surface area contributed by atoms with Crippen molar-refractivity contribution in [3.05, 3.63) is 0 Å². The largest absolute Gasteiger partial charge is 0.232 e. The van der Waals surface area contributed by atoms with Crippen molar-refractivity contribution in [2.24, 2.45) is 0 Å². The molecule has 0 bridgehead atoms. The highest BCUT2D eigenvalue weighted by Crippen LogP contribution is 1.90. The van der Waals surface area contributed by atoms with Crippen LogP contribution in [0.15, 0.2) is 0 Å². The Bertz CT molecular complexity index is 103. The highest BCUT2D eigenvalue weighted by Gasteiger charge is 1.86. The summed E-state index contributed by atoms with van der Waals surface area (Å²) in [5.41, 5.74) is 0. The number of unbranched alkanes of at least 4 members (excludes halogenated alkanes) is 1. The van der Waals surface area contributed by atoms with E-state index in [9.17, 15) is 8.42 Å². The Morgan fingerprint density at radius 3 is 2.25 bits per heavy atom. The van der Waals surface area contributed by atoms with E-state index in [4.69, 9.17) is 11.6 Å². The van der Waals surface area contributed by atoms with E-state index in [1.54, 1.807) is 0 Å². The summed E-state index contributed by atoms with van der Waals surface area (Å²) in [4.78, 5) is 0. The quantitative estimate of drug-likeness (QED) is 0.368. The van der Waals surface area contributed by atoms with Crippen LogP contribution in [0.25, 0.3) is 0 Å². The third-order valence-electron chi connectivity index (χ3n) is 0.724. The molecule has 0 rings (SSSR count). The summed E-state index contributed by atoms with van der Waals surface area (Å²) in [5, 5.41) is 0. The fraction of sp³-hybridized carbons (Fsp3) is 1.00. The standard InChI is InChI=1S/C4H9ClO2S/c5-3-1-2-4-8(6)7/h8H,1-4H2. The SMILES string of the molecule is O=[SH](=O)CCCCCl. The zero-order valence-electron chi connectivity index (χ0n) is 4.47. The monoisotopic (exact) mass is 156 g/mol. The van der Waals surface area contributed by atoms with Crippen LogP contribution in [0.3, 0.4) is 0 Å². The molecule has 0 amide bonds. The summed E-state index contributed by atoms with van der Waals surface area (Å²) in [6, 6.07) is 0. The number of thiol groups is 1. The second-order valence-electron chi connectivity index (χ2n) is 1.45. The number of rotatable bonds is 4. The van der Waals surface area contributed by atoms with Gasteiger partial charge in [-0.15, -0.1) is 11.6 Å². The van der Waals surface area contributed by atoms with E-state index in [2.05, 4.69) is 0 Å². The molecule has 0 N–H and O–H groups in total. The Balaban J connectivity index is 2.94. The molecule has 0 spiro atoms. The first-order valence-electron chi connectivity index (χ1n) is 2.45. The lowest BCUT2D eigenvalue weighted by molar-refractivity contribution is 0.611. The molecule has 2 nitrogen and oxygen atoms in total. The van der Waals surface area contributed by atoms with Crippen molar-refractivity contribution in [3.8, 4) is 0 Å². The molecule has 0 saturated carbocycles. The molecule has 50 valence electrons. The van der Waals surface area contributed by atoms with Crippen LogP contribution in [0.2, 0.25) is 0 Å². The zero-order valence-corrected chi connectivity index (χ0v) is 6.12. The van der Waals surface area contributed by atoms with E-state index in [-0.39, 0.29) is 5.75 Å². The minimum Gasteiger partial charge on any atom is -0.232 e. The molecule has 0 aliphatic heterocycles. The van der Waals surface area contributed by atoms with Crippen LogP contribution >= 0.6 is 11.6 Å². The van der Waals surface area contributed by atoms with Gasteiger partial charge in [0.2, 0.25) is 0 Å². The van der Waals surface area contributed by atoms with E-state index in [1.165, 1.54) is 0 Å². The first kappa shape index (κ1) is 8.24. The number of hydrogen-bond acceptors (Lipinski definition) is 2. The Kier molecular flexibility index (Phi) is 5.54. The summed E-state index contributed by atoms with van der Waals surface area (Å²) < 4.78 is 19.7. The van der Waals surface area contributed by atoms with Crippen LogP contribution in [0.5, 0.6) is 0 Å². The molecule has 0 aliphatic carbocycles. The van der Waals surface area contributed by atoms with Crippen LogP contribution < -0.4 is 0 Å². The van der Waals surface area contributed by atoms with Gasteiger partial charge >= 0.3 is 0 Å². The van der Waals surface area contributed by atoms with Gasteiger partial charge in [-0.3, -0.25) is 0 Å². The summed E-state index contributed by atoms with van der Waals surface area (Å²) in [6.45, 7) is 0. The van der Waals surface area contributed by atoms with Gasteiger partial charge in [0.05, 0.1) is 0 Å². The van der Waals surface area contributed by atoms with Gasteiger partial charge in [-0.2, -0.15) is 0 Å². The van der Waals surface area contributed by atoms with Gasteiger partial charge < -0.3 is 0 Å². The van der Waals surface area contributed by atoms with E-state index >= 15 is 0 Å². The molecule has 0 radical (unpaired) electrons. The molecule has 0 aromatic heterocycles. The van der Waals surface area contributed by atoms with Crippen molar-refractivity contribution in [2.45, 2.75) is 12.8 Å².